The molecule has 1 aliphatic rings. The van der Waals surface area contributed by atoms with E-state index in [1.54, 1.807) is 13.8 Å². The fraction of sp³-hybridized carbons (Fsp3) is 0.812. The zero-order chi connectivity index (χ0) is 18.4. The second-order valence-corrected chi connectivity index (χ2v) is 8.18. The molecule has 0 bridgehead atoms. The van der Waals surface area contributed by atoms with Crippen LogP contribution in [0.1, 0.15) is 41.0 Å². The number of rotatable bonds is 7. The van der Waals surface area contributed by atoms with Gasteiger partial charge in [0.1, 0.15) is 6.10 Å². The molecule has 138 valence electrons. The molecule has 2 N–H and O–H groups in total. The molecule has 2 amide bonds. The van der Waals surface area contributed by atoms with E-state index in [-0.39, 0.29) is 29.9 Å². The van der Waals surface area contributed by atoms with Crippen molar-refractivity contribution < 1.29 is 23.9 Å². The average molecular weight is 360 g/mol. The van der Waals surface area contributed by atoms with Crippen molar-refractivity contribution in [2.75, 3.05) is 25.4 Å². The molecule has 0 aromatic carbocycles. The molecule has 0 spiro atoms. The molecule has 0 radical (unpaired) electrons. The van der Waals surface area contributed by atoms with Gasteiger partial charge in [0.05, 0.1) is 6.61 Å². The number of carbonyl (C=O) groups excluding carboxylic acids is 3. The Morgan fingerprint density at radius 1 is 1.12 bits per heavy atom. The van der Waals surface area contributed by atoms with E-state index in [4.69, 9.17) is 9.47 Å². The summed E-state index contributed by atoms with van der Waals surface area (Å²) < 4.78 is 11.3. The maximum absolute atomic E-state index is 12.4. The van der Waals surface area contributed by atoms with Crippen molar-refractivity contribution >= 4 is 28.7 Å². The Hall–Kier alpha value is -1.12. The maximum Gasteiger partial charge on any atom is 0.249 e. The van der Waals surface area contributed by atoms with E-state index in [1.165, 1.54) is 18.7 Å². The third-order valence-electron chi connectivity index (χ3n) is 3.52. The Morgan fingerprint density at radius 3 is 2.42 bits per heavy atom. The Labute approximate surface area is 147 Å². The van der Waals surface area contributed by atoms with Crippen molar-refractivity contribution in [3.8, 4) is 0 Å². The number of amides is 2. The van der Waals surface area contributed by atoms with Crippen LogP contribution in [0.4, 0.5) is 0 Å². The molecule has 0 aliphatic carbocycles. The van der Waals surface area contributed by atoms with Gasteiger partial charge in [-0.1, -0.05) is 25.6 Å². The first-order valence-electron chi connectivity index (χ1n) is 8.03. The molecule has 0 aromatic rings. The smallest absolute Gasteiger partial charge is 0.249 e. The number of carbonyl (C=O) groups is 3. The molecule has 1 fully saturated rings. The van der Waals surface area contributed by atoms with Crippen LogP contribution in [0.3, 0.4) is 0 Å². The Morgan fingerprint density at radius 2 is 1.79 bits per heavy atom. The highest BCUT2D eigenvalue weighted by molar-refractivity contribution is 8.13. The first-order valence-corrected chi connectivity index (χ1v) is 9.01. The number of nitrogens with one attached hydrogen (secondary N) is 2. The minimum Gasteiger partial charge on any atom is -0.355 e. The largest absolute Gasteiger partial charge is 0.355 e. The van der Waals surface area contributed by atoms with E-state index >= 15 is 0 Å². The number of hydrogen-bond donors (Lipinski definition) is 2. The minimum absolute atomic E-state index is 0.0264. The predicted molar refractivity (Wildman–Crippen MR) is 92.5 cm³/mol. The van der Waals surface area contributed by atoms with Gasteiger partial charge in [-0.2, -0.15) is 0 Å². The van der Waals surface area contributed by atoms with Crippen molar-refractivity contribution in [2.45, 2.75) is 52.9 Å². The SMILES string of the molecule is CC(=O)SCCNC(=O)CCNC(=O)C1OC(C)(C)OCC1(C)C. The number of hydrogen-bond acceptors (Lipinski definition) is 6. The summed E-state index contributed by atoms with van der Waals surface area (Å²) in [6.07, 6.45) is -0.444. The number of ether oxygens (including phenoxy) is 2. The molecule has 1 atom stereocenters. The van der Waals surface area contributed by atoms with Gasteiger partial charge in [0.25, 0.3) is 0 Å². The van der Waals surface area contributed by atoms with E-state index in [2.05, 4.69) is 10.6 Å². The number of thioether (sulfide) groups is 1. The third kappa shape index (κ3) is 7.19. The lowest BCUT2D eigenvalue weighted by molar-refractivity contribution is -0.304. The monoisotopic (exact) mass is 360 g/mol. The van der Waals surface area contributed by atoms with Gasteiger partial charge in [-0.25, -0.2) is 0 Å². The van der Waals surface area contributed by atoms with Gasteiger partial charge < -0.3 is 20.1 Å². The highest BCUT2D eigenvalue weighted by Gasteiger charge is 2.45. The standard InChI is InChI=1S/C16H28N2O5S/c1-11(19)24-9-8-17-12(20)6-7-18-14(21)13-15(2,3)10-22-16(4,5)23-13/h13H,6-10H2,1-5H3,(H,17,20)(H,18,21). The molecule has 0 saturated carbocycles. The van der Waals surface area contributed by atoms with Crippen molar-refractivity contribution in [3.05, 3.63) is 0 Å². The zero-order valence-corrected chi connectivity index (χ0v) is 15.9. The van der Waals surface area contributed by atoms with Gasteiger partial charge in [0.15, 0.2) is 10.9 Å². The van der Waals surface area contributed by atoms with E-state index in [0.29, 0.717) is 18.9 Å². The zero-order valence-electron chi connectivity index (χ0n) is 15.1. The summed E-state index contributed by atoms with van der Waals surface area (Å²) in [6, 6.07) is 0. The van der Waals surface area contributed by atoms with Gasteiger partial charge in [0, 0.05) is 37.6 Å². The molecule has 1 heterocycles. The van der Waals surface area contributed by atoms with Crippen LogP contribution < -0.4 is 10.6 Å². The molecule has 24 heavy (non-hydrogen) atoms. The summed E-state index contributed by atoms with van der Waals surface area (Å²) in [5.41, 5.74) is -0.439. The predicted octanol–water partition coefficient (Wildman–Crippen LogP) is 1.07. The van der Waals surface area contributed by atoms with Gasteiger partial charge in [-0.3, -0.25) is 14.4 Å². The fourth-order valence-corrected chi connectivity index (χ4v) is 2.68. The fourth-order valence-electron chi connectivity index (χ4n) is 2.19. The molecular formula is C16H28N2O5S. The van der Waals surface area contributed by atoms with Crippen LogP contribution in [0, 0.1) is 5.41 Å². The lowest BCUT2D eigenvalue weighted by Crippen LogP contribution is -2.56. The van der Waals surface area contributed by atoms with Gasteiger partial charge >= 0.3 is 0 Å². The Kier molecular flexibility index (Phi) is 7.69. The Bertz CT molecular complexity index is 479. The highest BCUT2D eigenvalue weighted by atomic mass is 32.2. The molecule has 1 unspecified atom stereocenters. The maximum atomic E-state index is 12.4. The van der Waals surface area contributed by atoms with E-state index in [0.717, 1.165) is 0 Å². The topological polar surface area (TPSA) is 93.7 Å². The summed E-state index contributed by atoms with van der Waals surface area (Å²) in [7, 11) is 0. The van der Waals surface area contributed by atoms with Crippen molar-refractivity contribution in [2.24, 2.45) is 5.41 Å². The van der Waals surface area contributed by atoms with Crippen LogP contribution in [0.2, 0.25) is 0 Å². The summed E-state index contributed by atoms with van der Waals surface area (Å²) in [5, 5.41) is 5.48. The molecule has 1 rings (SSSR count). The first kappa shape index (κ1) is 20.9. The summed E-state index contributed by atoms with van der Waals surface area (Å²) in [4.78, 5) is 34.8. The second-order valence-electron chi connectivity index (χ2n) is 6.91. The first-order chi connectivity index (χ1) is 11.0. The van der Waals surface area contributed by atoms with Gasteiger partial charge in [-0.05, 0) is 13.8 Å². The summed E-state index contributed by atoms with van der Waals surface area (Å²) in [5.74, 6) is -0.654. The molecule has 1 aliphatic heterocycles. The van der Waals surface area contributed by atoms with E-state index in [9.17, 15) is 14.4 Å². The van der Waals surface area contributed by atoms with Crippen LogP contribution in [-0.4, -0.2) is 54.3 Å². The van der Waals surface area contributed by atoms with Gasteiger partial charge in [0.2, 0.25) is 11.8 Å². The van der Waals surface area contributed by atoms with Crippen LogP contribution in [0.15, 0.2) is 0 Å². The van der Waals surface area contributed by atoms with E-state index in [1.807, 2.05) is 13.8 Å². The molecule has 7 nitrogen and oxygen atoms in total. The van der Waals surface area contributed by atoms with Crippen LogP contribution >= 0.6 is 11.8 Å². The van der Waals surface area contributed by atoms with Crippen molar-refractivity contribution in [1.82, 2.24) is 10.6 Å². The van der Waals surface area contributed by atoms with Crippen LogP contribution in [0.25, 0.3) is 0 Å². The van der Waals surface area contributed by atoms with Crippen LogP contribution in [-0.2, 0) is 23.9 Å². The molecular weight excluding hydrogens is 332 g/mol. The normalized spacial score (nSPS) is 21.8. The Balaban J connectivity index is 2.32. The van der Waals surface area contributed by atoms with Crippen LogP contribution in [0.5, 0.6) is 0 Å². The third-order valence-corrected chi connectivity index (χ3v) is 4.34. The lowest BCUT2D eigenvalue weighted by Gasteiger charge is -2.44. The quantitative estimate of drug-likeness (QED) is 0.660. The van der Waals surface area contributed by atoms with Crippen molar-refractivity contribution in [1.29, 1.82) is 0 Å². The second kappa shape index (κ2) is 8.82. The highest BCUT2D eigenvalue weighted by Crippen LogP contribution is 2.34. The molecule has 8 heteroatoms. The van der Waals surface area contributed by atoms with Crippen molar-refractivity contribution in [3.63, 3.8) is 0 Å². The lowest BCUT2D eigenvalue weighted by atomic mass is 9.85. The van der Waals surface area contributed by atoms with E-state index < -0.39 is 17.3 Å². The van der Waals surface area contributed by atoms with Gasteiger partial charge in [-0.15, -0.1) is 0 Å². The average Bonchev–Trinajstić information content (AvgIpc) is 2.46. The summed E-state index contributed by atoms with van der Waals surface area (Å²) >= 11 is 1.17. The molecule has 1 saturated heterocycles. The minimum atomic E-state index is -0.802. The molecule has 0 aromatic heterocycles. The summed E-state index contributed by atoms with van der Waals surface area (Å²) in [6.45, 7) is 9.94.